The smallest absolute Gasteiger partial charge is 0.104 e. The van der Waals surface area contributed by atoms with E-state index in [2.05, 4.69) is 39.2 Å². The lowest BCUT2D eigenvalue weighted by Gasteiger charge is -2.44. The molecule has 1 aromatic heterocycles. The second-order valence-corrected chi connectivity index (χ2v) is 7.43. The van der Waals surface area contributed by atoms with Crippen LogP contribution in [0.2, 0.25) is 0 Å². The van der Waals surface area contributed by atoms with Gasteiger partial charge in [0.25, 0.3) is 0 Å². The van der Waals surface area contributed by atoms with E-state index in [1.54, 1.807) is 6.26 Å². The number of hydrogen-bond donors (Lipinski definition) is 1. The molecule has 1 heterocycles. The second kappa shape index (κ2) is 5.70. The number of nitrogens with one attached hydrogen (secondary N) is 1. The van der Waals surface area contributed by atoms with Gasteiger partial charge in [0.05, 0.1) is 6.26 Å². The molecule has 0 radical (unpaired) electrons. The zero-order chi connectivity index (χ0) is 13.9. The fourth-order valence-corrected chi connectivity index (χ4v) is 3.67. The summed E-state index contributed by atoms with van der Waals surface area (Å²) < 4.78 is 5.57. The molecule has 1 saturated carbocycles. The Bertz CT molecular complexity index is 366. The van der Waals surface area contributed by atoms with Gasteiger partial charge in [-0.3, -0.25) is 0 Å². The minimum Gasteiger partial charge on any atom is -0.469 e. The molecule has 1 fully saturated rings. The molecule has 108 valence electrons. The minimum absolute atomic E-state index is 0.397. The highest BCUT2D eigenvalue weighted by Gasteiger charge is 2.38. The SMILES string of the molecule is CNCC1(Cc2ccco2)CCC(C(C)(C)C)CC1. The molecule has 2 nitrogen and oxygen atoms in total. The molecule has 1 aromatic rings. The third kappa shape index (κ3) is 3.62. The van der Waals surface area contributed by atoms with Crippen LogP contribution < -0.4 is 5.32 Å². The van der Waals surface area contributed by atoms with Crippen LogP contribution in [-0.2, 0) is 6.42 Å². The fourth-order valence-electron chi connectivity index (χ4n) is 3.67. The van der Waals surface area contributed by atoms with Crippen LogP contribution >= 0.6 is 0 Å². The third-order valence-electron chi connectivity index (χ3n) is 4.95. The van der Waals surface area contributed by atoms with Crippen LogP contribution in [0.3, 0.4) is 0 Å². The molecule has 1 N–H and O–H groups in total. The zero-order valence-corrected chi connectivity index (χ0v) is 13.0. The van der Waals surface area contributed by atoms with E-state index in [9.17, 15) is 0 Å². The Morgan fingerprint density at radius 3 is 2.47 bits per heavy atom. The first-order valence-corrected chi connectivity index (χ1v) is 7.62. The van der Waals surface area contributed by atoms with Crippen LogP contribution in [0.5, 0.6) is 0 Å². The van der Waals surface area contributed by atoms with Crippen molar-refractivity contribution in [1.29, 1.82) is 0 Å². The van der Waals surface area contributed by atoms with Crippen LogP contribution in [0.1, 0.15) is 52.2 Å². The van der Waals surface area contributed by atoms with Gasteiger partial charge in [-0.1, -0.05) is 20.8 Å². The molecule has 0 aliphatic heterocycles. The number of hydrogen-bond acceptors (Lipinski definition) is 2. The van der Waals surface area contributed by atoms with Crippen molar-refractivity contribution in [2.75, 3.05) is 13.6 Å². The van der Waals surface area contributed by atoms with Gasteiger partial charge in [-0.15, -0.1) is 0 Å². The van der Waals surface area contributed by atoms with Crippen LogP contribution in [0.15, 0.2) is 22.8 Å². The van der Waals surface area contributed by atoms with E-state index >= 15 is 0 Å². The van der Waals surface area contributed by atoms with Gasteiger partial charge in [-0.2, -0.15) is 0 Å². The van der Waals surface area contributed by atoms with Crippen molar-refractivity contribution in [2.24, 2.45) is 16.7 Å². The van der Waals surface area contributed by atoms with Gasteiger partial charge in [-0.05, 0) is 61.6 Å². The highest BCUT2D eigenvalue weighted by molar-refractivity contribution is 5.04. The Kier molecular flexibility index (Phi) is 4.39. The predicted molar refractivity (Wildman–Crippen MR) is 80.2 cm³/mol. The Balaban J connectivity index is 2.02. The van der Waals surface area contributed by atoms with Crippen molar-refractivity contribution in [1.82, 2.24) is 5.32 Å². The summed E-state index contributed by atoms with van der Waals surface area (Å²) in [5.41, 5.74) is 0.852. The molecule has 2 rings (SSSR count). The normalized spacial score (nSPS) is 28.5. The molecule has 0 aromatic carbocycles. The van der Waals surface area contributed by atoms with Gasteiger partial charge in [0.15, 0.2) is 0 Å². The van der Waals surface area contributed by atoms with Crippen LogP contribution in [0, 0.1) is 16.7 Å². The summed E-state index contributed by atoms with van der Waals surface area (Å²) in [6.45, 7) is 8.25. The van der Waals surface area contributed by atoms with E-state index in [0.29, 0.717) is 10.8 Å². The van der Waals surface area contributed by atoms with Gasteiger partial charge in [0.2, 0.25) is 0 Å². The molecule has 0 spiro atoms. The summed E-state index contributed by atoms with van der Waals surface area (Å²) in [6, 6.07) is 4.12. The van der Waals surface area contributed by atoms with Crippen molar-refractivity contribution >= 4 is 0 Å². The van der Waals surface area contributed by atoms with Gasteiger partial charge in [0.1, 0.15) is 5.76 Å². The summed E-state index contributed by atoms with van der Waals surface area (Å²) in [7, 11) is 2.07. The minimum atomic E-state index is 0.397. The molecular weight excluding hydrogens is 234 g/mol. The Hall–Kier alpha value is -0.760. The van der Waals surface area contributed by atoms with Crippen LogP contribution in [0.4, 0.5) is 0 Å². The summed E-state index contributed by atoms with van der Waals surface area (Å²) in [5.74, 6) is 2.01. The van der Waals surface area contributed by atoms with E-state index in [4.69, 9.17) is 4.42 Å². The lowest BCUT2D eigenvalue weighted by atomic mass is 9.62. The molecule has 1 aliphatic carbocycles. The molecule has 2 heteroatoms. The van der Waals surface area contributed by atoms with Gasteiger partial charge < -0.3 is 9.73 Å². The van der Waals surface area contributed by atoms with E-state index in [-0.39, 0.29) is 0 Å². The van der Waals surface area contributed by atoms with E-state index in [1.807, 2.05) is 6.07 Å². The van der Waals surface area contributed by atoms with Crippen molar-refractivity contribution in [3.8, 4) is 0 Å². The highest BCUT2D eigenvalue weighted by atomic mass is 16.3. The van der Waals surface area contributed by atoms with E-state index in [0.717, 1.165) is 24.6 Å². The molecule has 0 atom stereocenters. The summed E-state index contributed by atoms with van der Waals surface area (Å²) >= 11 is 0. The Morgan fingerprint density at radius 2 is 2.00 bits per heavy atom. The van der Waals surface area contributed by atoms with Gasteiger partial charge in [-0.25, -0.2) is 0 Å². The Morgan fingerprint density at radius 1 is 1.32 bits per heavy atom. The maximum absolute atomic E-state index is 5.57. The average Bonchev–Trinajstić information content (AvgIpc) is 2.81. The van der Waals surface area contributed by atoms with E-state index in [1.165, 1.54) is 25.7 Å². The van der Waals surface area contributed by atoms with Crippen molar-refractivity contribution in [2.45, 2.75) is 52.9 Å². The topological polar surface area (TPSA) is 25.2 Å². The van der Waals surface area contributed by atoms with Crippen LogP contribution in [0.25, 0.3) is 0 Å². The highest BCUT2D eigenvalue weighted by Crippen LogP contribution is 2.46. The molecule has 0 amide bonds. The molecule has 1 aliphatic rings. The lowest BCUT2D eigenvalue weighted by molar-refractivity contribution is 0.0838. The number of furan rings is 1. The predicted octanol–water partition coefficient (Wildman–Crippen LogP) is 4.26. The summed E-state index contributed by atoms with van der Waals surface area (Å²) in [4.78, 5) is 0. The lowest BCUT2D eigenvalue weighted by Crippen LogP contribution is -2.40. The Labute approximate surface area is 118 Å². The van der Waals surface area contributed by atoms with Crippen molar-refractivity contribution < 1.29 is 4.42 Å². The first-order chi connectivity index (χ1) is 8.95. The molecule has 19 heavy (non-hydrogen) atoms. The van der Waals surface area contributed by atoms with Crippen molar-refractivity contribution in [3.05, 3.63) is 24.2 Å². The third-order valence-corrected chi connectivity index (χ3v) is 4.95. The van der Waals surface area contributed by atoms with E-state index < -0.39 is 0 Å². The van der Waals surface area contributed by atoms with Gasteiger partial charge in [0, 0.05) is 13.0 Å². The monoisotopic (exact) mass is 263 g/mol. The standard InChI is InChI=1S/C17H29NO/c1-16(2,3)14-7-9-17(10-8-14,13-18-4)12-15-6-5-11-19-15/h5-6,11,14,18H,7-10,12-13H2,1-4H3. The van der Waals surface area contributed by atoms with Gasteiger partial charge >= 0.3 is 0 Å². The average molecular weight is 263 g/mol. The molecule has 0 unspecified atom stereocenters. The summed E-state index contributed by atoms with van der Waals surface area (Å²) in [5, 5.41) is 3.40. The zero-order valence-electron chi connectivity index (χ0n) is 13.0. The first kappa shape index (κ1) is 14.6. The maximum atomic E-state index is 5.57. The largest absolute Gasteiger partial charge is 0.469 e. The molecule has 0 bridgehead atoms. The fraction of sp³-hybridized carbons (Fsp3) is 0.765. The molecular formula is C17H29NO. The quantitative estimate of drug-likeness (QED) is 0.878. The molecule has 0 saturated heterocycles. The maximum Gasteiger partial charge on any atom is 0.104 e. The van der Waals surface area contributed by atoms with Crippen LogP contribution in [-0.4, -0.2) is 13.6 Å². The summed E-state index contributed by atoms with van der Waals surface area (Å²) in [6.07, 6.45) is 8.21. The van der Waals surface area contributed by atoms with Crippen molar-refractivity contribution in [3.63, 3.8) is 0 Å². The first-order valence-electron chi connectivity index (χ1n) is 7.62. The second-order valence-electron chi connectivity index (χ2n) is 7.43. The number of rotatable bonds is 4.